The van der Waals surface area contributed by atoms with Crippen molar-refractivity contribution in [2.24, 2.45) is 5.73 Å². The van der Waals surface area contributed by atoms with E-state index in [9.17, 15) is 0 Å². The molecular weight excluding hydrogens is 214 g/mol. The average molecular weight is 233 g/mol. The first kappa shape index (κ1) is 11.9. The predicted molar refractivity (Wildman–Crippen MR) is 66.6 cm³/mol. The van der Waals surface area contributed by atoms with Crippen LogP contribution in [0.1, 0.15) is 24.7 Å². The third-order valence-electron chi connectivity index (χ3n) is 2.85. The molecule has 0 aliphatic heterocycles. The predicted octanol–water partition coefficient (Wildman–Crippen LogP) is 2.00. The molecule has 0 bridgehead atoms. The molecule has 4 nitrogen and oxygen atoms in total. The van der Waals surface area contributed by atoms with Crippen molar-refractivity contribution < 1.29 is 4.42 Å². The van der Waals surface area contributed by atoms with E-state index in [1.165, 1.54) is 5.56 Å². The Morgan fingerprint density at radius 2 is 2.41 bits per heavy atom. The summed E-state index contributed by atoms with van der Waals surface area (Å²) in [5, 5.41) is 4.24. The van der Waals surface area contributed by atoms with Gasteiger partial charge in [0.15, 0.2) is 0 Å². The highest BCUT2D eigenvalue weighted by molar-refractivity contribution is 5.06. The molecule has 17 heavy (non-hydrogen) atoms. The van der Waals surface area contributed by atoms with Crippen LogP contribution in [0.3, 0.4) is 0 Å². The summed E-state index contributed by atoms with van der Waals surface area (Å²) < 4.78 is 7.21. The van der Waals surface area contributed by atoms with Gasteiger partial charge in [-0.05, 0) is 37.5 Å². The molecule has 2 N–H and O–H groups in total. The minimum atomic E-state index is 0.162. The van der Waals surface area contributed by atoms with Gasteiger partial charge in [0.25, 0.3) is 0 Å². The van der Waals surface area contributed by atoms with Crippen LogP contribution in [0, 0.1) is 0 Å². The maximum absolute atomic E-state index is 6.09. The molecule has 0 aromatic carbocycles. The fourth-order valence-corrected chi connectivity index (χ4v) is 1.87. The zero-order valence-corrected chi connectivity index (χ0v) is 10.2. The van der Waals surface area contributed by atoms with Crippen molar-refractivity contribution in [2.75, 3.05) is 0 Å². The molecule has 2 rings (SSSR count). The van der Waals surface area contributed by atoms with Crippen molar-refractivity contribution in [2.45, 2.75) is 38.8 Å². The molecule has 0 aliphatic rings. The number of aryl methyl sites for hydroxylation is 2. The Morgan fingerprint density at radius 1 is 1.53 bits per heavy atom. The van der Waals surface area contributed by atoms with Crippen molar-refractivity contribution in [3.05, 3.63) is 42.1 Å². The second kappa shape index (κ2) is 5.68. The molecule has 2 aromatic heterocycles. The summed E-state index contributed by atoms with van der Waals surface area (Å²) in [6.45, 7) is 2.98. The SMILES string of the molecule is CCn1cc(CC(N)CCc2ccco2)cn1. The molecule has 4 heteroatoms. The molecule has 0 saturated carbocycles. The topological polar surface area (TPSA) is 57.0 Å². The number of rotatable bonds is 6. The first-order chi connectivity index (χ1) is 8.28. The first-order valence-electron chi connectivity index (χ1n) is 6.07. The van der Waals surface area contributed by atoms with Gasteiger partial charge in [-0.25, -0.2) is 0 Å². The third-order valence-corrected chi connectivity index (χ3v) is 2.85. The van der Waals surface area contributed by atoms with Gasteiger partial charge in [0, 0.05) is 25.2 Å². The van der Waals surface area contributed by atoms with Gasteiger partial charge in [-0.15, -0.1) is 0 Å². The van der Waals surface area contributed by atoms with Crippen molar-refractivity contribution in [1.29, 1.82) is 0 Å². The van der Waals surface area contributed by atoms with Crippen LogP contribution in [0.5, 0.6) is 0 Å². The van der Waals surface area contributed by atoms with Crippen LogP contribution in [0.15, 0.2) is 35.2 Å². The number of furan rings is 1. The lowest BCUT2D eigenvalue weighted by Gasteiger charge is -2.08. The molecule has 92 valence electrons. The summed E-state index contributed by atoms with van der Waals surface area (Å²) in [7, 11) is 0. The Hall–Kier alpha value is -1.55. The van der Waals surface area contributed by atoms with Crippen LogP contribution in [-0.2, 0) is 19.4 Å². The Morgan fingerprint density at radius 3 is 3.06 bits per heavy atom. The van der Waals surface area contributed by atoms with E-state index in [0.29, 0.717) is 0 Å². The van der Waals surface area contributed by atoms with Crippen LogP contribution in [0.4, 0.5) is 0 Å². The van der Waals surface area contributed by atoms with Gasteiger partial charge in [-0.3, -0.25) is 4.68 Å². The molecule has 1 unspecified atom stereocenters. The van der Waals surface area contributed by atoms with Crippen molar-refractivity contribution >= 4 is 0 Å². The number of hydrogen-bond acceptors (Lipinski definition) is 3. The molecular formula is C13H19N3O. The summed E-state index contributed by atoms with van der Waals surface area (Å²) in [5.74, 6) is 1.00. The van der Waals surface area contributed by atoms with Crippen molar-refractivity contribution in [3.63, 3.8) is 0 Å². The lowest BCUT2D eigenvalue weighted by molar-refractivity contribution is 0.484. The minimum Gasteiger partial charge on any atom is -0.469 e. The second-order valence-electron chi connectivity index (χ2n) is 4.29. The smallest absolute Gasteiger partial charge is 0.103 e. The standard InChI is InChI=1S/C13H19N3O/c1-2-16-10-11(9-15-16)8-12(14)5-6-13-4-3-7-17-13/h3-4,7,9-10,12H,2,5-6,8,14H2,1H3. The summed E-state index contributed by atoms with van der Waals surface area (Å²) in [6.07, 6.45) is 8.37. The second-order valence-corrected chi connectivity index (χ2v) is 4.29. The minimum absolute atomic E-state index is 0.162. The lowest BCUT2D eigenvalue weighted by atomic mass is 10.0. The Kier molecular flexibility index (Phi) is 3.98. The Labute approximate surface area is 101 Å². The molecule has 0 radical (unpaired) electrons. The van der Waals surface area contributed by atoms with Crippen molar-refractivity contribution in [1.82, 2.24) is 9.78 Å². The number of nitrogens with zero attached hydrogens (tertiary/aromatic N) is 2. The average Bonchev–Trinajstić information content (AvgIpc) is 2.97. The number of nitrogens with two attached hydrogens (primary N) is 1. The van der Waals surface area contributed by atoms with E-state index in [1.54, 1.807) is 6.26 Å². The normalized spacial score (nSPS) is 12.8. The monoisotopic (exact) mass is 233 g/mol. The highest BCUT2D eigenvalue weighted by Crippen LogP contribution is 2.08. The van der Waals surface area contributed by atoms with Crippen LogP contribution in [0.2, 0.25) is 0 Å². The van der Waals surface area contributed by atoms with Crippen LogP contribution in [-0.4, -0.2) is 15.8 Å². The molecule has 1 atom stereocenters. The van der Waals surface area contributed by atoms with Gasteiger partial charge in [0.2, 0.25) is 0 Å². The van der Waals surface area contributed by atoms with E-state index in [0.717, 1.165) is 31.6 Å². The lowest BCUT2D eigenvalue weighted by Crippen LogP contribution is -2.23. The van der Waals surface area contributed by atoms with E-state index in [1.807, 2.05) is 23.0 Å². The number of hydrogen-bond donors (Lipinski definition) is 1. The van der Waals surface area contributed by atoms with E-state index >= 15 is 0 Å². The largest absolute Gasteiger partial charge is 0.469 e. The molecule has 0 amide bonds. The van der Waals surface area contributed by atoms with E-state index in [2.05, 4.69) is 18.2 Å². The Bertz CT molecular complexity index is 433. The van der Waals surface area contributed by atoms with Gasteiger partial charge in [0.05, 0.1) is 12.5 Å². The van der Waals surface area contributed by atoms with E-state index in [4.69, 9.17) is 10.2 Å². The molecule has 0 saturated heterocycles. The summed E-state index contributed by atoms with van der Waals surface area (Å²) in [6, 6.07) is 4.06. The molecule has 0 fully saturated rings. The highest BCUT2D eigenvalue weighted by Gasteiger charge is 2.07. The fraction of sp³-hybridized carbons (Fsp3) is 0.462. The van der Waals surface area contributed by atoms with E-state index in [-0.39, 0.29) is 6.04 Å². The molecule has 2 heterocycles. The quantitative estimate of drug-likeness (QED) is 0.830. The van der Waals surface area contributed by atoms with Gasteiger partial charge in [-0.2, -0.15) is 5.10 Å². The van der Waals surface area contributed by atoms with Crippen molar-refractivity contribution in [3.8, 4) is 0 Å². The summed E-state index contributed by atoms with van der Waals surface area (Å²) in [4.78, 5) is 0. The third kappa shape index (κ3) is 3.46. The molecule has 2 aromatic rings. The van der Waals surface area contributed by atoms with Gasteiger partial charge < -0.3 is 10.2 Å². The number of aromatic nitrogens is 2. The maximum atomic E-state index is 6.09. The molecule has 0 aliphatic carbocycles. The van der Waals surface area contributed by atoms with Gasteiger partial charge in [-0.1, -0.05) is 0 Å². The molecule has 0 spiro atoms. The highest BCUT2D eigenvalue weighted by atomic mass is 16.3. The zero-order valence-electron chi connectivity index (χ0n) is 10.2. The maximum Gasteiger partial charge on any atom is 0.103 e. The zero-order chi connectivity index (χ0) is 12.1. The van der Waals surface area contributed by atoms with Crippen LogP contribution in [0.25, 0.3) is 0 Å². The van der Waals surface area contributed by atoms with Gasteiger partial charge in [0.1, 0.15) is 5.76 Å². The van der Waals surface area contributed by atoms with Gasteiger partial charge >= 0.3 is 0 Å². The van der Waals surface area contributed by atoms with Crippen LogP contribution < -0.4 is 5.73 Å². The summed E-state index contributed by atoms with van der Waals surface area (Å²) in [5.41, 5.74) is 7.30. The first-order valence-corrected chi connectivity index (χ1v) is 6.07. The van der Waals surface area contributed by atoms with E-state index < -0.39 is 0 Å². The fourth-order valence-electron chi connectivity index (χ4n) is 1.87. The summed E-state index contributed by atoms with van der Waals surface area (Å²) >= 11 is 0. The van der Waals surface area contributed by atoms with Crippen LogP contribution >= 0.6 is 0 Å². The Balaban J connectivity index is 1.78.